The first kappa shape index (κ1) is 24.7. The van der Waals surface area contributed by atoms with Crippen molar-refractivity contribution in [1.29, 1.82) is 0 Å². The highest BCUT2D eigenvalue weighted by Gasteiger charge is 2.32. The van der Waals surface area contributed by atoms with E-state index in [0.717, 1.165) is 22.4 Å². The summed E-state index contributed by atoms with van der Waals surface area (Å²) in [6, 6.07) is 18.8. The number of ether oxygens (including phenoxy) is 2. The first-order valence-electron chi connectivity index (χ1n) is 10.4. The first-order valence-corrected chi connectivity index (χ1v) is 12.0. The molecule has 1 aliphatic rings. The van der Waals surface area contributed by atoms with Crippen LogP contribution in [0.3, 0.4) is 0 Å². The largest absolute Gasteiger partial charge is 0.497 e. The highest BCUT2D eigenvalue weighted by atomic mass is 35.5. The average molecular weight is 527 g/mol. The van der Waals surface area contributed by atoms with Crippen LogP contribution in [0.1, 0.15) is 16.7 Å². The van der Waals surface area contributed by atoms with Gasteiger partial charge in [-0.25, -0.2) is 0 Å². The molecule has 0 radical (unpaired) electrons. The molecule has 1 amide bonds. The fraction of sp³-hybridized carbons (Fsp3) is 0.120. The Labute approximate surface area is 216 Å². The van der Waals surface area contributed by atoms with Gasteiger partial charge in [0.15, 0.2) is 0 Å². The minimum atomic E-state index is -0.451. The standard InChI is InChI=1S/C25H19ClN2O5S2/c1-32-20-9-4-16(5-10-20)14-27-24(29)23(35-25(27)34)13-18-6-11-22(21(26)12-18)33-15-17-2-7-19(8-3-17)28(30)31/h2-13H,14-15H2,1H3/b23-13-. The van der Waals surface area contributed by atoms with Crippen molar-refractivity contribution in [3.8, 4) is 11.5 Å². The number of thiocarbonyl (C=S) groups is 1. The third-order valence-electron chi connectivity index (χ3n) is 5.17. The van der Waals surface area contributed by atoms with Gasteiger partial charge >= 0.3 is 0 Å². The highest BCUT2D eigenvalue weighted by Crippen LogP contribution is 2.35. The lowest BCUT2D eigenvalue weighted by Gasteiger charge is -2.14. The molecule has 178 valence electrons. The molecule has 0 bridgehead atoms. The Morgan fingerprint density at radius 3 is 2.40 bits per heavy atom. The molecule has 0 unspecified atom stereocenters. The van der Waals surface area contributed by atoms with Crippen LogP contribution in [0.2, 0.25) is 5.02 Å². The van der Waals surface area contributed by atoms with E-state index in [2.05, 4.69) is 0 Å². The van der Waals surface area contributed by atoms with Gasteiger partial charge in [0.2, 0.25) is 0 Å². The summed E-state index contributed by atoms with van der Waals surface area (Å²) >= 11 is 13.1. The van der Waals surface area contributed by atoms with Gasteiger partial charge in [0.05, 0.1) is 28.5 Å². The van der Waals surface area contributed by atoms with Gasteiger partial charge in [-0.1, -0.05) is 53.8 Å². The molecular formula is C25H19ClN2O5S2. The van der Waals surface area contributed by atoms with Crippen LogP contribution >= 0.6 is 35.6 Å². The molecule has 1 saturated heterocycles. The maximum atomic E-state index is 12.9. The molecule has 0 atom stereocenters. The zero-order valence-corrected chi connectivity index (χ0v) is 20.9. The summed E-state index contributed by atoms with van der Waals surface area (Å²) in [6.45, 7) is 0.587. The monoisotopic (exact) mass is 526 g/mol. The lowest BCUT2D eigenvalue weighted by atomic mass is 10.2. The quantitative estimate of drug-likeness (QED) is 0.149. The van der Waals surface area contributed by atoms with Gasteiger partial charge in [-0.15, -0.1) is 0 Å². The molecule has 0 saturated carbocycles. The Bertz CT molecular complexity index is 1310. The summed E-state index contributed by atoms with van der Waals surface area (Å²) < 4.78 is 11.4. The lowest BCUT2D eigenvalue weighted by molar-refractivity contribution is -0.384. The molecule has 10 heteroatoms. The van der Waals surface area contributed by atoms with Crippen molar-refractivity contribution >= 4 is 57.6 Å². The van der Waals surface area contributed by atoms with Crippen molar-refractivity contribution in [3.63, 3.8) is 0 Å². The number of hydrogen-bond acceptors (Lipinski definition) is 7. The number of non-ortho nitro benzene ring substituents is 1. The summed E-state index contributed by atoms with van der Waals surface area (Å²) in [7, 11) is 1.60. The Balaban J connectivity index is 1.41. The Morgan fingerprint density at radius 2 is 1.77 bits per heavy atom. The van der Waals surface area contributed by atoms with Gasteiger partial charge in [-0.2, -0.15) is 0 Å². The number of carbonyl (C=O) groups excluding carboxylic acids is 1. The lowest BCUT2D eigenvalue weighted by Crippen LogP contribution is -2.27. The summed E-state index contributed by atoms with van der Waals surface area (Å²) in [6.07, 6.45) is 1.75. The fourth-order valence-electron chi connectivity index (χ4n) is 3.30. The van der Waals surface area contributed by atoms with E-state index in [1.165, 1.54) is 23.9 Å². The molecule has 1 aliphatic heterocycles. The molecule has 3 aromatic rings. The maximum absolute atomic E-state index is 12.9. The topological polar surface area (TPSA) is 81.9 Å². The Kier molecular flexibility index (Phi) is 7.70. The molecule has 3 aromatic carbocycles. The van der Waals surface area contributed by atoms with Crippen LogP contribution in [0.4, 0.5) is 5.69 Å². The number of nitrogens with zero attached hydrogens (tertiary/aromatic N) is 2. The number of nitro groups is 1. The minimum absolute atomic E-state index is 0.0190. The molecule has 0 aromatic heterocycles. The Hall–Kier alpha value is -3.40. The third kappa shape index (κ3) is 6.00. The van der Waals surface area contributed by atoms with Crippen molar-refractivity contribution < 1.29 is 19.2 Å². The molecule has 1 heterocycles. The predicted octanol–water partition coefficient (Wildman–Crippen LogP) is 6.24. The number of amides is 1. The Morgan fingerprint density at radius 1 is 1.09 bits per heavy atom. The summed E-state index contributed by atoms with van der Waals surface area (Å²) in [4.78, 5) is 25.3. The van der Waals surface area contributed by atoms with Gasteiger partial charge in [-0.3, -0.25) is 19.8 Å². The molecule has 0 N–H and O–H groups in total. The number of methoxy groups -OCH3 is 1. The van der Waals surface area contributed by atoms with Crippen molar-refractivity contribution in [1.82, 2.24) is 4.90 Å². The van der Waals surface area contributed by atoms with Gasteiger partial charge in [-0.05, 0) is 59.2 Å². The van der Waals surface area contributed by atoms with E-state index in [0.29, 0.717) is 26.5 Å². The second-order valence-electron chi connectivity index (χ2n) is 7.52. The van der Waals surface area contributed by atoms with Crippen LogP contribution < -0.4 is 9.47 Å². The molecule has 35 heavy (non-hydrogen) atoms. The van der Waals surface area contributed by atoms with Crippen molar-refractivity contribution in [3.05, 3.63) is 103 Å². The molecular weight excluding hydrogens is 508 g/mol. The van der Waals surface area contributed by atoms with E-state index in [-0.39, 0.29) is 18.2 Å². The molecule has 0 spiro atoms. The van der Waals surface area contributed by atoms with Gasteiger partial charge in [0.1, 0.15) is 22.4 Å². The third-order valence-corrected chi connectivity index (χ3v) is 6.84. The van der Waals surface area contributed by atoms with E-state index < -0.39 is 4.92 Å². The second-order valence-corrected chi connectivity index (χ2v) is 9.60. The van der Waals surface area contributed by atoms with Crippen LogP contribution in [-0.4, -0.2) is 27.2 Å². The van der Waals surface area contributed by atoms with E-state index in [9.17, 15) is 14.9 Å². The van der Waals surface area contributed by atoms with E-state index in [4.69, 9.17) is 33.3 Å². The van der Waals surface area contributed by atoms with Crippen molar-refractivity contribution in [2.24, 2.45) is 0 Å². The molecule has 1 fully saturated rings. The maximum Gasteiger partial charge on any atom is 0.269 e. The smallest absolute Gasteiger partial charge is 0.269 e. The minimum Gasteiger partial charge on any atom is -0.497 e. The average Bonchev–Trinajstić information content (AvgIpc) is 3.11. The van der Waals surface area contributed by atoms with E-state index in [1.54, 1.807) is 48.4 Å². The van der Waals surface area contributed by atoms with E-state index in [1.807, 2.05) is 24.3 Å². The number of halogens is 1. The van der Waals surface area contributed by atoms with Crippen LogP contribution in [0, 0.1) is 10.1 Å². The number of rotatable bonds is 8. The fourth-order valence-corrected chi connectivity index (χ4v) is 4.80. The second kappa shape index (κ2) is 10.9. The summed E-state index contributed by atoms with van der Waals surface area (Å²) in [5, 5.41) is 11.2. The van der Waals surface area contributed by atoms with Gasteiger partial charge < -0.3 is 9.47 Å². The summed E-state index contributed by atoms with van der Waals surface area (Å²) in [5.74, 6) is 1.05. The van der Waals surface area contributed by atoms with Crippen molar-refractivity contribution in [2.45, 2.75) is 13.2 Å². The van der Waals surface area contributed by atoms with E-state index >= 15 is 0 Å². The predicted molar refractivity (Wildman–Crippen MR) is 141 cm³/mol. The zero-order valence-electron chi connectivity index (χ0n) is 18.5. The van der Waals surface area contributed by atoms with Crippen molar-refractivity contribution in [2.75, 3.05) is 7.11 Å². The van der Waals surface area contributed by atoms with Crippen LogP contribution in [0.5, 0.6) is 11.5 Å². The number of nitro benzene ring substituents is 1. The number of carbonyl (C=O) groups is 1. The van der Waals surface area contributed by atoms with Crippen LogP contribution in [0.15, 0.2) is 71.6 Å². The molecule has 7 nitrogen and oxygen atoms in total. The number of thioether (sulfide) groups is 1. The van der Waals surface area contributed by atoms with Crippen LogP contribution in [0.25, 0.3) is 6.08 Å². The normalized spacial score (nSPS) is 14.5. The van der Waals surface area contributed by atoms with Crippen LogP contribution in [-0.2, 0) is 17.9 Å². The zero-order chi connectivity index (χ0) is 24.9. The highest BCUT2D eigenvalue weighted by molar-refractivity contribution is 8.26. The summed E-state index contributed by atoms with van der Waals surface area (Å²) in [5.41, 5.74) is 2.48. The molecule has 0 aliphatic carbocycles. The number of benzene rings is 3. The SMILES string of the molecule is COc1ccc(CN2C(=O)/C(=C/c3ccc(OCc4ccc([N+](=O)[O-])cc4)c(Cl)c3)SC2=S)cc1. The van der Waals surface area contributed by atoms with Gasteiger partial charge in [0, 0.05) is 12.1 Å². The van der Waals surface area contributed by atoms with Gasteiger partial charge in [0.25, 0.3) is 11.6 Å². The number of hydrogen-bond donors (Lipinski definition) is 0. The molecule has 4 rings (SSSR count). The first-order chi connectivity index (χ1) is 16.8.